The van der Waals surface area contributed by atoms with Gasteiger partial charge in [0.2, 0.25) is 5.91 Å². The predicted molar refractivity (Wildman–Crippen MR) is 47.1 cm³/mol. The van der Waals surface area contributed by atoms with Gasteiger partial charge in [-0.3, -0.25) is 4.79 Å². The quantitative estimate of drug-likeness (QED) is 0.650. The topological polar surface area (TPSA) is 86.3 Å². The average molecular weight is 208 g/mol. The van der Waals surface area contributed by atoms with Crippen molar-refractivity contribution in [3.63, 3.8) is 0 Å². The summed E-state index contributed by atoms with van der Waals surface area (Å²) in [6.45, 7) is 4.64. The summed E-state index contributed by atoms with van der Waals surface area (Å²) in [6, 6.07) is 0. The van der Waals surface area contributed by atoms with Crippen LogP contribution in [-0.4, -0.2) is 30.2 Å². The number of carbonyl (C=O) groups excluding carboxylic acids is 1. The number of amides is 1. The van der Waals surface area contributed by atoms with Crippen molar-refractivity contribution in [1.82, 2.24) is 5.32 Å². The maximum Gasteiger partial charge on any atom is 0.220 e. The van der Waals surface area contributed by atoms with Crippen LogP contribution in [0.4, 0.5) is 0 Å². The van der Waals surface area contributed by atoms with Gasteiger partial charge in [-0.2, -0.15) is 0 Å². The highest BCUT2D eigenvalue weighted by Crippen LogP contribution is 2.05. The smallest absolute Gasteiger partial charge is 0.220 e. The maximum atomic E-state index is 10.9. The molecule has 0 radical (unpaired) electrons. The van der Waals surface area contributed by atoms with E-state index in [1.165, 1.54) is 13.8 Å². The van der Waals surface area contributed by atoms with E-state index in [1.54, 1.807) is 6.92 Å². The fourth-order valence-electron chi connectivity index (χ4n) is 0.944. The zero-order valence-electron chi connectivity index (χ0n) is 7.96. The van der Waals surface area contributed by atoms with Crippen LogP contribution in [0.3, 0.4) is 0 Å². The van der Waals surface area contributed by atoms with E-state index in [2.05, 4.69) is 5.32 Å². The third-order valence-electron chi connectivity index (χ3n) is 1.34. The van der Waals surface area contributed by atoms with Crippen molar-refractivity contribution in [3.05, 3.63) is 0 Å². The molecular formula is C7H14NO4S-. The van der Waals surface area contributed by atoms with Crippen LogP contribution in [0.1, 0.15) is 27.2 Å². The maximum absolute atomic E-state index is 10.9. The Morgan fingerprint density at radius 2 is 1.92 bits per heavy atom. The van der Waals surface area contributed by atoms with Crippen molar-refractivity contribution in [1.29, 1.82) is 0 Å². The van der Waals surface area contributed by atoms with Crippen molar-refractivity contribution in [2.24, 2.45) is 0 Å². The van der Waals surface area contributed by atoms with Crippen molar-refractivity contribution in [3.8, 4) is 0 Å². The summed E-state index contributed by atoms with van der Waals surface area (Å²) in [7, 11) is -4.30. The summed E-state index contributed by atoms with van der Waals surface area (Å²) in [6.07, 6.45) is 0.266. The third-order valence-corrected chi connectivity index (χ3v) is 2.41. The molecule has 0 atom stereocenters. The zero-order valence-corrected chi connectivity index (χ0v) is 8.77. The Kier molecular flexibility index (Phi) is 3.87. The predicted octanol–water partition coefficient (Wildman–Crippen LogP) is -0.164. The Morgan fingerprint density at radius 1 is 1.46 bits per heavy atom. The van der Waals surface area contributed by atoms with Crippen molar-refractivity contribution < 1.29 is 17.8 Å². The van der Waals surface area contributed by atoms with Crippen LogP contribution in [0.15, 0.2) is 0 Å². The molecule has 13 heavy (non-hydrogen) atoms. The highest BCUT2D eigenvalue weighted by atomic mass is 32.2. The van der Waals surface area contributed by atoms with E-state index in [4.69, 9.17) is 0 Å². The lowest BCUT2D eigenvalue weighted by Crippen LogP contribution is -2.48. The van der Waals surface area contributed by atoms with Crippen LogP contribution in [0.2, 0.25) is 0 Å². The molecule has 0 heterocycles. The van der Waals surface area contributed by atoms with Gasteiger partial charge in [0, 0.05) is 12.0 Å². The van der Waals surface area contributed by atoms with Gasteiger partial charge >= 0.3 is 0 Å². The first-order valence-corrected chi connectivity index (χ1v) is 5.48. The van der Waals surface area contributed by atoms with Crippen molar-refractivity contribution >= 4 is 16.0 Å². The fourth-order valence-corrected chi connectivity index (χ4v) is 1.90. The number of carbonyl (C=O) groups is 1. The molecule has 1 N–H and O–H groups in total. The summed E-state index contributed by atoms with van der Waals surface area (Å²) < 4.78 is 31.2. The molecule has 0 aromatic rings. The molecule has 6 heteroatoms. The van der Waals surface area contributed by atoms with Gasteiger partial charge in [0.1, 0.15) is 0 Å². The lowest BCUT2D eigenvalue weighted by atomic mass is 10.1. The third kappa shape index (κ3) is 6.53. The van der Waals surface area contributed by atoms with E-state index in [-0.39, 0.29) is 12.3 Å². The summed E-state index contributed by atoms with van der Waals surface area (Å²) >= 11 is 0. The van der Waals surface area contributed by atoms with E-state index < -0.39 is 21.4 Å². The molecule has 0 aliphatic carbocycles. The van der Waals surface area contributed by atoms with Gasteiger partial charge in [-0.15, -0.1) is 0 Å². The van der Waals surface area contributed by atoms with Gasteiger partial charge in [0.15, 0.2) is 0 Å². The van der Waals surface area contributed by atoms with E-state index in [0.717, 1.165) is 0 Å². The molecule has 0 rings (SSSR count). The van der Waals surface area contributed by atoms with Crippen LogP contribution in [0, 0.1) is 0 Å². The SMILES string of the molecule is CCC(=O)NC(C)(C)CS(=O)(=O)[O-]. The summed E-state index contributed by atoms with van der Waals surface area (Å²) in [5.74, 6) is -0.861. The molecule has 0 unspecified atom stereocenters. The minimum absolute atomic E-state index is 0.266. The standard InChI is InChI=1S/C7H15NO4S/c1-4-6(9)8-7(2,3)5-13(10,11)12/h4-5H2,1-3H3,(H,8,9)(H,10,11,12)/p-1. The molecule has 0 fully saturated rings. The molecule has 0 bridgehead atoms. The number of hydrogen-bond acceptors (Lipinski definition) is 4. The van der Waals surface area contributed by atoms with Crippen molar-refractivity contribution in [2.45, 2.75) is 32.7 Å². The summed E-state index contributed by atoms with van der Waals surface area (Å²) in [4.78, 5) is 10.9. The van der Waals surface area contributed by atoms with Gasteiger partial charge in [-0.25, -0.2) is 8.42 Å². The largest absolute Gasteiger partial charge is 0.748 e. The van der Waals surface area contributed by atoms with Crippen LogP contribution >= 0.6 is 0 Å². The molecule has 0 spiro atoms. The Balaban J connectivity index is 4.33. The molecule has 0 saturated heterocycles. The van der Waals surface area contributed by atoms with Gasteiger partial charge in [-0.1, -0.05) is 6.92 Å². The molecule has 1 amide bonds. The Labute approximate surface area is 78.3 Å². The number of hydrogen-bond donors (Lipinski definition) is 1. The first-order chi connectivity index (χ1) is 5.66. The lowest BCUT2D eigenvalue weighted by molar-refractivity contribution is -0.122. The zero-order chi connectivity index (χ0) is 10.7. The molecule has 0 saturated carbocycles. The second-order valence-corrected chi connectivity index (χ2v) is 4.89. The molecular weight excluding hydrogens is 194 g/mol. The van der Waals surface area contributed by atoms with Crippen LogP contribution in [0.25, 0.3) is 0 Å². The van der Waals surface area contributed by atoms with E-state index in [0.29, 0.717) is 0 Å². The number of nitrogens with one attached hydrogen (secondary N) is 1. The Hall–Kier alpha value is -0.620. The van der Waals surface area contributed by atoms with Crippen LogP contribution in [-0.2, 0) is 14.9 Å². The fraction of sp³-hybridized carbons (Fsp3) is 0.857. The van der Waals surface area contributed by atoms with Crippen LogP contribution < -0.4 is 5.32 Å². The minimum Gasteiger partial charge on any atom is -0.748 e. The first-order valence-electron chi connectivity index (χ1n) is 3.91. The van der Waals surface area contributed by atoms with Crippen LogP contribution in [0.5, 0.6) is 0 Å². The molecule has 0 aromatic carbocycles. The monoisotopic (exact) mass is 208 g/mol. The normalized spacial score (nSPS) is 12.6. The highest BCUT2D eigenvalue weighted by Gasteiger charge is 2.22. The Morgan fingerprint density at radius 3 is 2.23 bits per heavy atom. The van der Waals surface area contributed by atoms with Gasteiger partial charge < -0.3 is 9.87 Å². The van der Waals surface area contributed by atoms with Crippen molar-refractivity contribution in [2.75, 3.05) is 5.75 Å². The second kappa shape index (κ2) is 4.06. The molecule has 0 aliphatic rings. The highest BCUT2D eigenvalue weighted by molar-refractivity contribution is 7.85. The van der Waals surface area contributed by atoms with Gasteiger partial charge in [0.25, 0.3) is 0 Å². The molecule has 0 aliphatic heterocycles. The molecule has 78 valence electrons. The van der Waals surface area contributed by atoms with E-state index >= 15 is 0 Å². The van der Waals surface area contributed by atoms with Gasteiger partial charge in [-0.05, 0) is 13.8 Å². The van der Waals surface area contributed by atoms with E-state index in [9.17, 15) is 17.8 Å². The lowest BCUT2D eigenvalue weighted by Gasteiger charge is -2.27. The van der Waals surface area contributed by atoms with E-state index in [1.807, 2.05) is 0 Å². The molecule has 0 aromatic heterocycles. The number of rotatable bonds is 4. The first kappa shape index (κ1) is 12.4. The second-order valence-electron chi connectivity index (χ2n) is 3.49. The average Bonchev–Trinajstić information content (AvgIpc) is 1.80. The van der Waals surface area contributed by atoms with Gasteiger partial charge in [0.05, 0.1) is 15.9 Å². The Bertz CT molecular complexity index is 281. The molecule has 5 nitrogen and oxygen atoms in total. The summed E-state index contributed by atoms with van der Waals surface area (Å²) in [5, 5.41) is 2.44. The minimum atomic E-state index is -4.30. The summed E-state index contributed by atoms with van der Waals surface area (Å²) in [5.41, 5.74) is -0.992.